The van der Waals surface area contributed by atoms with Crippen LogP contribution in [0.2, 0.25) is 5.02 Å². The number of halogens is 1. The minimum absolute atomic E-state index is 0.000741. The Hall–Kier alpha value is -1.75. The molecular formula is C18H24ClN3O2. The standard InChI is InChI=1S/C18H24ClN3O2/c1-4-14-7-5-6-10-21(14)18(23)16-9-8-15(24-16)11-22-13(3)17(19)12(2)20-22/h8-9,14H,4-7,10-11H2,1-3H3. The van der Waals surface area contributed by atoms with Crippen molar-refractivity contribution in [3.05, 3.63) is 40.1 Å². The molecule has 1 amide bonds. The molecule has 24 heavy (non-hydrogen) atoms. The molecule has 5 nitrogen and oxygen atoms in total. The van der Waals surface area contributed by atoms with Crippen molar-refractivity contribution in [3.63, 3.8) is 0 Å². The van der Waals surface area contributed by atoms with Gasteiger partial charge >= 0.3 is 0 Å². The van der Waals surface area contributed by atoms with Crippen LogP contribution < -0.4 is 0 Å². The van der Waals surface area contributed by atoms with E-state index in [1.807, 2.05) is 24.8 Å². The van der Waals surface area contributed by atoms with Crippen LogP contribution in [0.4, 0.5) is 0 Å². The lowest BCUT2D eigenvalue weighted by Gasteiger charge is -2.34. The highest BCUT2D eigenvalue weighted by molar-refractivity contribution is 6.31. The van der Waals surface area contributed by atoms with Crippen molar-refractivity contribution >= 4 is 17.5 Å². The first-order chi connectivity index (χ1) is 11.5. The van der Waals surface area contributed by atoms with Crippen LogP contribution >= 0.6 is 11.6 Å². The predicted molar refractivity (Wildman–Crippen MR) is 93.5 cm³/mol. The van der Waals surface area contributed by atoms with E-state index in [2.05, 4.69) is 12.0 Å². The third kappa shape index (κ3) is 3.22. The molecule has 3 heterocycles. The molecule has 2 aromatic heterocycles. The number of carbonyl (C=O) groups is 1. The van der Waals surface area contributed by atoms with E-state index < -0.39 is 0 Å². The van der Waals surface area contributed by atoms with Crippen LogP contribution in [-0.4, -0.2) is 33.2 Å². The van der Waals surface area contributed by atoms with Crippen LogP contribution in [0.25, 0.3) is 0 Å². The van der Waals surface area contributed by atoms with E-state index in [9.17, 15) is 4.79 Å². The highest BCUT2D eigenvalue weighted by atomic mass is 35.5. The molecule has 1 unspecified atom stereocenters. The van der Waals surface area contributed by atoms with Gasteiger partial charge in [0.25, 0.3) is 5.91 Å². The predicted octanol–water partition coefficient (Wildman–Crippen LogP) is 4.20. The number of hydrogen-bond donors (Lipinski definition) is 0. The smallest absolute Gasteiger partial charge is 0.289 e. The molecule has 0 aliphatic carbocycles. The molecule has 0 spiro atoms. The van der Waals surface area contributed by atoms with Crippen molar-refractivity contribution in [2.45, 2.75) is 59.0 Å². The summed E-state index contributed by atoms with van der Waals surface area (Å²) in [5.74, 6) is 1.13. The van der Waals surface area contributed by atoms with Crippen molar-refractivity contribution in [2.24, 2.45) is 0 Å². The zero-order chi connectivity index (χ0) is 17.3. The van der Waals surface area contributed by atoms with Gasteiger partial charge in [-0.1, -0.05) is 18.5 Å². The van der Waals surface area contributed by atoms with E-state index in [-0.39, 0.29) is 5.91 Å². The fourth-order valence-electron chi connectivity index (χ4n) is 3.39. The van der Waals surface area contributed by atoms with E-state index in [0.29, 0.717) is 29.1 Å². The van der Waals surface area contributed by atoms with Gasteiger partial charge in [-0.25, -0.2) is 0 Å². The first-order valence-corrected chi connectivity index (χ1v) is 8.98. The zero-order valence-electron chi connectivity index (χ0n) is 14.5. The highest BCUT2D eigenvalue weighted by Crippen LogP contribution is 2.24. The summed E-state index contributed by atoms with van der Waals surface area (Å²) in [6.07, 6.45) is 4.34. The molecule has 0 aromatic carbocycles. The van der Waals surface area contributed by atoms with Crippen LogP contribution in [0.3, 0.4) is 0 Å². The van der Waals surface area contributed by atoms with Crippen LogP contribution in [-0.2, 0) is 6.54 Å². The van der Waals surface area contributed by atoms with Crippen molar-refractivity contribution in [1.82, 2.24) is 14.7 Å². The number of piperidine rings is 1. The molecule has 2 aromatic rings. The number of rotatable bonds is 4. The topological polar surface area (TPSA) is 51.3 Å². The van der Waals surface area contributed by atoms with E-state index >= 15 is 0 Å². The van der Waals surface area contributed by atoms with Crippen molar-refractivity contribution in [1.29, 1.82) is 0 Å². The summed E-state index contributed by atoms with van der Waals surface area (Å²) in [5, 5.41) is 5.08. The zero-order valence-corrected chi connectivity index (χ0v) is 15.3. The van der Waals surface area contributed by atoms with Gasteiger partial charge in [0.05, 0.1) is 23.0 Å². The molecule has 0 radical (unpaired) electrons. The van der Waals surface area contributed by atoms with E-state index in [1.165, 1.54) is 6.42 Å². The maximum atomic E-state index is 12.7. The second kappa shape index (κ2) is 7.01. The first kappa shape index (κ1) is 17.1. The average Bonchev–Trinajstić information content (AvgIpc) is 3.15. The summed E-state index contributed by atoms with van der Waals surface area (Å²) in [4.78, 5) is 14.7. The summed E-state index contributed by atoms with van der Waals surface area (Å²) in [7, 11) is 0. The minimum Gasteiger partial charge on any atom is -0.454 e. The van der Waals surface area contributed by atoms with E-state index in [1.54, 1.807) is 10.7 Å². The summed E-state index contributed by atoms with van der Waals surface area (Å²) < 4.78 is 7.61. The first-order valence-electron chi connectivity index (χ1n) is 8.60. The van der Waals surface area contributed by atoms with Gasteiger partial charge in [0.15, 0.2) is 5.76 Å². The molecule has 0 saturated carbocycles. The van der Waals surface area contributed by atoms with Gasteiger partial charge in [-0.05, 0) is 51.7 Å². The Morgan fingerprint density at radius 2 is 2.17 bits per heavy atom. The van der Waals surface area contributed by atoms with Gasteiger partial charge in [-0.2, -0.15) is 5.10 Å². The van der Waals surface area contributed by atoms with Crippen LogP contribution in [0.1, 0.15) is 60.3 Å². The Bertz CT molecular complexity index is 735. The number of carbonyl (C=O) groups excluding carboxylic acids is 1. The lowest BCUT2D eigenvalue weighted by Crippen LogP contribution is -2.43. The van der Waals surface area contributed by atoms with Crippen LogP contribution in [0, 0.1) is 13.8 Å². The van der Waals surface area contributed by atoms with Crippen LogP contribution in [0.5, 0.6) is 0 Å². The van der Waals surface area contributed by atoms with Gasteiger partial charge in [-0.15, -0.1) is 0 Å². The summed E-state index contributed by atoms with van der Waals surface area (Å²) >= 11 is 6.18. The lowest BCUT2D eigenvalue weighted by molar-refractivity contribution is 0.0573. The number of aryl methyl sites for hydroxylation is 1. The molecule has 6 heteroatoms. The Morgan fingerprint density at radius 1 is 1.38 bits per heavy atom. The number of hydrogen-bond acceptors (Lipinski definition) is 3. The molecule has 1 atom stereocenters. The van der Waals surface area contributed by atoms with Crippen molar-refractivity contribution in [3.8, 4) is 0 Å². The fourth-order valence-corrected chi connectivity index (χ4v) is 3.52. The highest BCUT2D eigenvalue weighted by Gasteiger charge is 2.28. The third-order valence-corrected chi connectivity index (χ3v) is 5.38. The normalized spacial score (nSPS) is 18.2. The Labute approximate surface area is 147 Å². The monoisotopic (exact) mass is 349 g/mol. The largest absolute Gasteiger partial charge is 0.454 e. The quantitative estimate of drug-likeness (QED) is 0.831. The van der Waals surface area contributed by atoms with E-state index in [4.69, 9.17) is 16.0 Å². The number of nitrogens with zero attached hydrogens (tertiary/aromatic N) is 3. The summed E-state index contributed by atoms with van der Waals surface area (Å²) in [5.41, 5.74) is 1.71. The Morgan fingerprint density at radius 3 is 2.83 bits per heavy atom. The van der Waals surface area contributed by atoms with Gasteiger partial charge < -0.3 is 9.32 Å². The SMILES string of the molecule is CCC1CCCCN1C(=O)c1ccc(Cn2nc(C)c(Cl)c2C)o1. The van der Waals surface area contributed by atoms with Gasteiger partial charge in [0, 0.05) is 12.6 Å². The second-order valence-corrected chi connectivity index (χ2v) is 6.84. The molecule has 1 aliphatic heterocycles. The lowest BCUT2D eigenvalue weighted by atomic mass is 10.00. The molecule has 1 fully saturated rings. The number of furan rings is 1. The Balaban J connectivity index is 1.75. The average molecular weight is 350 g/mol. The third-order valence-electron chi connectivity index (χ3n) is 4.83. The van der Waals surface area contributed by atoms with E-state index in [0.717, 1.165) is 37.2 Å². The number of likely N-dealkylation sites (tertiary alicyclic amines) is 1. The van der Waals surface area contributed by atoms with Crippen LogP contribution in [0.15, 0.2) is 16.5 Å². The van der Waals surface area contributed by atoms with Crippen molar-refractivity contribution < 1.29 is 9.21 Å². The summed E-state index contributed by atoms with van der Waals surface area (Å²) in [6, 6.07) is 3.95. The number of amides is 1. The van der Waals surface area contributed by atoms with Crippen molar-refractivity contribution in [2.75, 3.05) is 6.54 Å². The molecule has 130 valence electrons. The van der Waals surface area contributed by atoms with Gasteiger partial charge in [-0.3, -0.25) is 9.48 Å². The molecule has 0 N–H and O–H groups in total. The Kier molecular flexibility index (Phi) is 4.99. The minimum atomic E-state index is -0.000741. The van der Waals surface area contributed by atoms with Gasteiger partial charge in [0.2, 0.25) is 0 Å². The molecule has 1 saturated heterocycles. The molecule has 0 bridgehead atoms. The maximum absolute atomic E-state index is 12.7. The molecule has 3 rings (SSSR count). The second-order valence-electron chi connectivity index (χ2n) is 6.46. The number of aromatic nitrogens is 2. The van der Waals surface area contributed by atoms with Gasteiger partial charge in [0.1, 0.15) is 5.76 Å². The maximum Gasteiger partial charge on any atom is 0.289 e. The summed E-state index contributed by atoms with van der Waals surface area (Å²) in [6.45, 7) is 7.24. The molecule has 1 aliphatic rings. The fraction of sp³-hybridized carbons (Fsp3) is 0.556. The molecular weight excluding hydrogens is 326 g/mol.